The summed E-state index contributed by atoms with van der Waals surface area (Å²) in [5, 5.41) is 3.45. The van der Waals surface area contributed by atoms with Gasteiger partial charge in [-0.3, -0.25) is 0 Å². The molecule has 0 aliphatic heterocycles. The lowest BCUT2D eigenvalue weighted by Crippen LogP contribution is -2.42. The summed E-state index contributed by atoms with van der Waals surface area (Å²) in [6, 6.07) is 0.494. The molecule has 1 rings (SSSR count). The highest BCUT2D eigenvalue weighted by Crippen LogP contribution is 2.25. The molecule has 0 aromatic carbocycles. The SMILES string of the molecule is CC(CS(C)(=O)=O)N[C@@H](C)C1CCCCCC1. The second kappa shape index (κ2) is 6.74. The fraction of sp³-hybridized carbons (Fsp3) is 1.00. The highest BCUT2D eigenvalue weighted by atomic mass is 32.2. The summed E-state index contributed by atoms with van der Waals surface area (Å²) in [7, 11) is -2.87. The number of hydrogen-bond donors (Lipinski definition) is 1. The zero-order valence-corrected chi connectivity index (χ0v) is 12.2. The average Bonchev–Trinajstić information content (AvgIpc) is 2.41. The van der Waals surface area contributed by atoms with Crippen molar-refractivity contribution in [3.05, 3.63) is 0 Å². The zero-order chi connectivity index (χ0) is 12.9. The zero-order valence-electron chi connectivity index (χ0n) is 11.4. The van der Waals surface area contributed by atoms with Crippen LogP contribution in [0.25, 0.3) is 0 Å². The van der Waals surface area contributed by atoms with E-state index in [1.54, 1.807) is 0 Å². The van der Waals surface area contributed by atoms with E-state index in [9.17, 15) is 8.42 Å². The Morgan fingerprint density at radius 1 is 1.12 bits per heavy atom. The van der Waals surface area contributed by atoms with E-state index in [0.717, 1.165) is 5.92 Å². The Labute approximate surface area is 106 Å². The van der Waals surface area contributed by atoms with Gasteiger partial charge in [-0.05, 0) is 32.6 Å². The maximum Gasteiger partial charge on any atom is 0.148 e. The van der Waals surface area contributed by atoms with Crippen LogP contribution in [0.5, 0.6) is 0 Å². The topological polar surface area (TPSA) is 46.2 Å². The molecule has 1 fully saturated rings. The van der Waals surface area contributed by atoms with E-state index in [2.05, 4.69) is 12.2 Å². The third-order valence-corrected chi connectivity index (χ3v) is 4.81. The van der Waals surface area contributed by atoms with E-state index in [-0.39, 0.29) is 11.8 Å². The number of hydrogen-bond acceptors (Lipinski definition) is 3. The molecule has 2 atom stereocenters. The third-order valence-electron chi connectivity index (χ3n) is 3.71. The Hall–Kier alpha value is -0.0900. The molecule has 4 heteroatoms. The minimum absolute atomic E-state index is 0.0586. The molecule has 0 aromatic rings. The molecule has 0 bridgehead atoms. The second-order valence-corrected chi connectivity index (χ2v) is 7.89. The minimum Gasteiger partial charge on any atom is -0.310 e. The van der Waals surface area contributed by atoms with Gasteiger partial charge >= 0.3 is 0 Å². The van der Waals surface area contributed by atoms with Crippen LogP contribution in [0.4, 0.5) is 0 Å². The van der Waals surface area contributed by atoms with Crippen LogP contribution in [-0.2, 0) is 9.84 Å². The summed E-state index contributed by atoms with van der Waals surface area (Å²) >= 11 is 0. The molecule has 0 amide bonds. The maximum absolute atomic E-state index is 11.2. The molecule has 1 aliphatic rings. The van der Waals surface area contributed by atoms with Gasteiger partial charge in [-0.1, -0.05) is 25.7 Å². The average molecular weight is 261 g/mol. The van der Waals surface area contributed by atoms with Crippen molar-refractivity contribution in [1.29, 1.82) is 0 Å². The molecule has 17 heavy (non-hydrogen) atoms. The van der Waals surface area contributed by atoms with Gasteiger partial charge in [0.25, 0.3) is 0 Å². The molecule has 0 spiro atoms. The Balaban J connectivity index is 2.38. The van der Waals surface area contributed by atoms with Crippen LogP contribution in [0.3, 0.4) is 0 Å². The number of nitrogens with one attached hydrogen (secondary N) is 1. The smallest absolute Gasteiger partial charge is 0.148 e. The lowest BCUT2D eigenvalue weighted by atomic mass is 9.92. The molecule has 1 saturated carbocycles. The van der Waals surface area contributed by atoms with Crippen molar-refractivity contribution in [2.75, 3.05) is 12.0 Å². The predicted molar refractivity (Wildman–Crippen MR) is 73.0 cm³/mol. The van der Waals surface area contributed by atoms with Crippen molar-refractivity contribution in [3.63, 3.8) is 0 Å². The largest absolute Gasteiger partial charge is 0.310 e. The lowest BCUT2D eigenvalue weighted by Gasteiger charge is -2.26. The first-order valence-electron chi connectivity index (χ1n) is 6.82. The van der Waals surface area contributed by atoms with Gasteiger partial charge in [0.05, 0.1) is 5.75 Å². The first-order valence-corrected chi connectivity index (χ1v) is 8.88. The molecule has 1 unspecified atom stereocenters. The Morgan fingerprint density at radius 2 is 1.65 bits per heavy atom. The van der Waals surface area contributed by atoms with Crippen molar-refractivity contribution in [1.82, 2.24) is 5.32 Å². The third kappa shape index (κ3) is 6.41. The van der Waals surface area contributed by atoms with Crippen LogP contribution in [-0.4, -0.2) is 32.5 Å². The Kier molecular flexibility index (Phi) is 5.93. The minimum atomic E-state index is -2.87. The van der Waals surface area contributed by atoms with E-state index in [1.165, 1.54) is 44.8 Å². The summed E-state index contributed by atoms with van der Waals surface area (Å²) in [6.45, 7) is 4.17. The van der Waals surface area contributed by atoms with Gasteiger partial charge in [-0.15, -0.1) is 0 Å². The molecule has 0 saturated heterocycles. The Morgan fingerprint density at radius 3 is 2.12 bits per heavy atom. The van der Waals surface area contributed by atoms with Gasteiger partial charge < -0.3 is 5.32 Å². The molecule has 0 heterocycles. The monoisotopic (exact) mass is 261 g/mol. The van der Waals surface area contributed by atoms with Gasteiger partial charge in [-0.2, -0.15) is 0 Å². The fourth-order valence-corrected chi connectivity index (χ4v) is 3.90. The van der Waals surface area contributed by atoms with E-state index in [4.69, 9.17) is 0 Å². The number of sulfone groups is 1. The van der Waals surface area contributed by atoms with Crippen LogP contribution in [0.2, 0.25) is 0 Å². The Bertz CT molecular complexity index is 305. The molecular formula is C13H27NO2S. The van der Waals surface area contributed by atoms with Crippen molar-refractivity contribution in [2.45, 2.75) is 64.5 Å². The van der Waals surface area contributed by atoms with Crippen molar-refractivity contribution >= 4 is 9.84 Å². The molecular weight excluding hydrogens is 234 g/mol. The molecule has 3 nitrogen and oxygen atoms in total. The highest BCUT2D eigenvalue weighted by Gasteiger charge is 2.21. The van der Waals surface area contributed by atoms with Gasteiger partial charge in [0, 0.05) is 18.3 Å². The maximum atomic E-state index is 11.2. The molecule has 1 N–H and O–H groups in total. The molecule has 0 radical (unpaired) electrons. The highest BCUT2D eigenvalue weighted by molar-refractivity contribution is 7.90. The summed E-state index contributed by atoms with van der Waals surface area (Å²) in [4.78, 5) is 0. The van der Waals surface area contributed by atoms with Crippen molar-refractivity contribution < 1.29 is 8.42 Å². The van der Waals surface area contributed by atoms with Crippen LogP contribution >= 0.6 is 0 Å². The standard InChI is InChI=1S/C13H27NO2S/c1-11(10-17(3,15)16)14-12(2)13-8-6-4-5-7-9-13/h11-14H,4-10H2,1-3H3/t11?,12-/m0/s1. The second-order valence-electron chi connectivity index (χ2n) is 5.70. The molecule has 1 aliphatic carbocycles. The molecule has 0 aromatic heterocycles. The van der Waals surface area contributed by atoms with Gasteiger partial charge in [-0.25, -0.2) is 8.42 Å². The van der Waals surface area contributed by atoms with E-state index in [0.29, 0.717) is 6.04 Å². The summed E-state index contributed by atoms with van der Waals surface area (Å²) in [5.74, 6) is 0.962. The van der Waals surface area contributed by atoms with Crippen LogP contribution in [0.15, 0.2) is 0 Å². The van der Waals surface area contributed by atoms with Crippen LogP contribution in [0.1, 0.15) is 52.4 Å². The van der Waals surface area contributed by atoms with E-state index >= 15 is 0 Å². The first-order chi connectivity index (χ1) is 7.88. The molecule has 102 valence electrons. The van der Waals surface area contributed by atoms with Crippen molar-refractivity contribution in [3.8, 4) is 0 Å². The summed E-state index contributed by atoms with van der Waals surface area (Å²) < 4.78 is 22.4. The summed E-state index contributed by atoms with van der Waals surface area (Å²) in [5.41, 5.74) is 0. The van der Waals surface area contributed by atoms with Crippen LogP contribution < -0.4 is 5.32 Å². The number of rotatable bonds is 5. The van der Waals surface area contributed by atoms with Gasteiger partial charge in [0.15, 0.2) is 0 Å². The normalized spacial score (nSPS) is 23.0. The fourth-order valence-electron chi connectivity index (χ4n) is 2.90. The van der Waals surface area contributed by atoms with Gasteiger partial charge in [0.2, 0.25) is 0 Å². The lowest BCUT2D eigenvalue weighted by molar-refractivity contribution is 0.321. The van der Waals surface area contributed by atoms with Gasteiger partial charge in [0.1, 0.15) is 9.84 Å². The predicted octanol–water partition coefficient (Wildman–Crippen LogP) is 2.37. The first kappa shape index (κ1) is 15.0. The van der Waals surface area contributed by atoms with E-state index < -0.39 is 9.84 Å². The van der Waals surface area contributed by atoms with Crippen LogP contribution in [0, 0.1) is 5.92 Å². The summed E-state index contributed by atoms with van der Waals surface area (Å²) in [6.07, 6.45) is 9.28. The van der Waals surface area contributed by atoms with Crippen molar-refractivity contribution in [2.24, 2.45) is 5.92 Å². The quantitative estimate of drug-likeness (QED) is 0.773. The van der Waals surface area contributed by atoms with E-state index in [1.807, 2.05) is 6.92 Å².